The summed E-state index contributed by atoms with van der Waals surface area (Å²) in [5.41, 5.74) is 4.54. The second-order valence-electron chi connectivity index (χ2n) is 6.15. The quantitative estimate of drug-likeness (QED) is 0.577. The Bertz CT molecular complexity index is 711. The van der Waals surface area contributed by atoms with Gasteiger partial charge in [-0.3, -0.25) is 0 Å². The molecule has 3 rings (SSSR count). The van der Waals surface area contributed by atoms with Crippen LogP contribution >= 0.6 is 8.38 Å². The second kappa shape index (κ2) is 7.23. The molecule has 1 aliphatic carbocycles. The van der Waals surface area contributed by atoms with Gasteiger partial charge in [0.15, 0.2) is 0 Å². The van der Waals surface area contributed by atoms with E-state index in [-0.39, 0.29) is 0 Å². The molecule has 2 aromatic carbocycles. The zero-order chi connectivity index (χ0) is 17.1. The highest BCUT2D eigenvalue weighted by Gasteiger charge is 2.23. The van der Waals surface area contributed by atoms with Gasteiger partial charge in [0, 0.05) is 0 Å². The van der Waals surface area contributed by atoms with E-state index in [1.807, 2.05) is 0 Å². The first-order valence-corrected chi connectivity index (χ1v) is 9.39. The van der Waals surface area contributed by atoms with Crippen LogP contribution in [0.25, 0.3) is 0 Å². The van der Waals surface area contributed by atoms with E-state index in [4.69, 9.17) is 9.05 Å². The van der Waals surface area contributed by atoms with Crippen LogP contribution in [0.2, 0.25) is 0 Å². The van der Waals surface area contributed by atoms with Crippen LogP contribution in [0.5, 0.6) is 11.5 Å². The van der Waals surface area contributed by atoms with Gasteiger partial charge in [-0.2, -0.15) is 0 Å². The number of hydrogen-bond acceptors (Lipinski definition) is 2. The van der Waals surface area contributed by atoms with Crippen molar-refractivity contribution in [3.8, 4) is 11.5 Å². The Morgan fingerprint density at radius 1 is 0.750 bits per heavy atom. The van der Waals surface area contributed by atoms with Crippen LogP contribution in [-0.2, 0) is 0 Å². The predicted octanol–water partition coefficient (Wildman–Crippen LogP) is 6.53. The average Bonchev–Trinajstić information content (AvgIpc) is 3.07. The minimum absolute atomic E-state index is 0.927. The molecule has 124 valence electrons. The summed E-state index contributed by atoms with van der Waals surface area (Å²) in [6.45, 7) is 8.31. The van der Waals surface area contributed by atoms with Gasteiger partial charge in [0.25, 0.3) is 0 Å². The Kier molecular flexibility index (Phi) is 5.06. The molecule has 24 heavy (non-hydrogen) atoms. The molecule has 0 heterocycles. The van der Waals surface area contributed by atoms with E-state index >= 15 is 0 Å². The summed E-state index contributed by atoms with van der Waals surface area (Å²) >= 11 is 0. The molecule has 1 aliphatic rings. The molecule has 0 saturated heterocycles. The molecule has 3 heteroatoms. The maximum absolute atomic E-state index is 6.40. The molecule has 0 saturated carbocycles. The number of hydrogen-bond donors (Lipinski definition) is 0. The van der Waals surface area contributed by atoms with Gasteiger partial charge in [-0.15, -0.1) is 0 Å². The molecule has 0 spiro atoms. The lowest BCUT2D eigenvalue weighted by atomic mass is 10.1. The van der Waals surface area contributed by atoms with Gasteiger partial charge in [-0.05, 0) is 56.4 Å². The fraction of sp³-hybridized carbons (Fsp3) is 0.238. The van der Waals surface area contributed by atoms with E-state index in [1.165, 1.54) is 0 Å². The SMILES string of the molecule is Cc1cccc(C)c1OP(Oc1c(C)cccc1C)C1=CCC=C1. The van der Waals surface area contributed by atoms with Gasteiger partial charge in [0.05, 0.1) is 5.31 Å². The minimum Gasteiger partial charge on any atom is -0.435 e. The Balaban J connectivity index is 1.94. The van der Waals surface area contributed by atoms with Gasteiger partial charge < -0.3 is 9.05 Å². The topological polar surface area (TPSA) is 18.5 Å². The second-order valence-corrected chi connectivity index (χ2v) is 7.54. The lowest BCUT2D eigenvalue weighted by Gasteiger charge is -2.23. The number of para-hydroxylation sites is 2. The molecule has 0 unspecified atom stereocenters. The van der Waals surface area contributed by atoms with Crippen molar-refractivity contribution in [2.75, 3.05) is 0 Å². The van der Waals surface area contributed by atoms with Crippen LogP contribution in [0, 0.1) is 27.7 Å². The van der Waals surface area contributed by atoms with Crippen LogP contribution < -0.4 is 9.05 Å². The summed E-state index contributed by atoms with van der Waals surface area (Å²) in [5, 5.41) is 1.13. The van der Waals surface area contributed by atoms with E-state index in [2.05, 4.69) is 82.3 Å². The molecule has 0 radical (unpaired) electrons. The number of benzene rings is 2. The molecule has 0 N–H and O–H groups in total. The summed E-state index contributed by atoms with van der Waals surface area (Å²) < 4.78 is 12.8. The summed E-state index contributed by atoms with van der Waals surface area (Å²) in [7, 11) is -1.20. The zero-order valence-corrected chi connectivity index (χ0v) is 15.6. The zero-order valence-electron chi connectivity index (χ0n) is 14.7. The van der Waals surface area contributed by atoms with Crippen LogP contribution in [0.3, 0.4) is 0 Å². The maximum atomic E-state index is 6.40. The minimum atomic E-state index is -1.20. The fourth-order valence-corrected chi connectivity index (χ4v) is 4.39. The van der Waals surface area contributed by atoms with Crippen LogP contribution in [-0.4, -0.2) is 0 Å². The first kappa shape index (κ1) is 16.8. The average molecular weight is 338 g/mol. The van der Waals surface area contributed by atoms with Gasteiger partial charge in [0.2, 0.25) is 0 Å². The Labute approximate surface area is 145 Å². The van der Waals surface area contributed by atoms with Gasteiger partial charge in [0.1, 0.15) is 11.5 Å². The summed E-state index contributed by atoms with van der Waals surface area (Å²) in [5.74, 6) is 1.85. The molecule has 0 amide bonds. The summed E-state index contributed by atoms with van der Waals surface area (Å²) in [6.07, 6.45) is 7.40. The highest BCUT2D eigenvalue weighted by Crippen LogP contribution is 2.51. The lowest BCUT2D eigenvalue weighted by Crippen LogP contribution is -2.01. The van der Waals surface area contributed by atoms with Crippen LogP contribution in [0.1, 0.15) is 28.7 Å². The Hall–Kier alpha value is -2.05. The van der Waals surface area contributed by atoms with Crippen LogP contribution in [0.15, 0.2) is 59.9 Å². The number of allylic oxidation sites excluding steroid dienone is 4. The molecule has 2 nitrogen and oxygen atoms in total. The van der Waals surface area contributed by atoms with Crippen molar-refractivity contribution in [1.29, 1.82) is 0 Å². The van der Waals surface area contributed by atoms with Crippen molar-refractivity contribution in [3.05, 3.63) is 82.2 Å². The third kappa shape index (κ3) is 3.55. The van der Waals surface area contributed by atoms with Crippen molar-refractivity contribution >= 4 is 8.38 Å². The van der Waals surface area contributed by atoms with E-state index < -0.39 is 8.38 Å². The summed E-state index contributed by atoms with van der Waals surface area (Å²) in [6, 6.07) is 12.4. The van der Waals surface area contributed by atoms with E-state index in [9.17, 15) is 0 Å². The van der Waals surface area contributed by atoms with Gasteiger partial charge in [-0.25, -0.2) is 0 Å². The Morgan fingerprint density at radius 2 is 1.21 bits per heavy atom. The monoisotopic (exact) mass is 338 g/mol. The first-order chi connectivity index (χ1) is 11.6. The van der Waals surface area contributed by atoms with Crippen molar-refractivity contribution in [2.24, 2.45) is 0 Å². The molecular weight excluding hydrogens is 315 g/mol. The van der Waals surface area contributed by atoms with E-state index in [0.717, 1.165) is 45.5 Å². The lowest BCUT2D eigenvalue weighted by molar-refractivity contribution is 0.490. The molecule has 0 aromatic heterocycles. The molecular formula is C21H23O2P. The van der Waals surface area contributed by atoms with Crippen molar-refractivity contribution in [2.45, 2.75) is 34.1 Å². The molecule has 0 atom stereocenters. The molecule has 0 bridgehead atoms. The number of rotatable bonds is 5. The third-order valence-electron chi connectivity index (χ3n) is 4.13. The molecule has 0 fully saturated rings. The highest BCUT2D eigenvalue weighted by atomic mass is 31.2. The highest BCUT2D eigenvalue weighted by molar-refractivity contribution is 7.53. The fourth-order valence-electron chi connectivity index (χ4n) is 2.76. The van der Waals surface area contributed by atoms with E-state index in [1.54, 1.807) is 0 Å². The van der Waals surface area contributed by atoms with Crippen molar-refractivity contribution in [3.63, 3.8) is 0 Å². The summed E-state index contributed by atoms with van der Waals surface area (Å²) in [4.78, 5) is 0. The van der Waals surface area contributed by atoms with Crippen LogP contribution in [0.4, 0.5) is 0 Å². The van der Waals surface area contributed by atoms with Crippen molar-refractivity contribution in [1.82, 2.24) is 0 Å². The third-order valence-corrected chi connectivity index (χ3v) is 5.58. The molecule has 0 aliphatic heterocycles. The maximum Gasteiger partial charge on any atom is 0.325 e. The largest absolute Gasteiger partial charge is 0.435 e. The first-order valence-electron chi connectivity index (χ1n) is 8.21. The van der Waals surface area contributed by atoms with Gasteiger partial charge in [-0.1, -0.05) is 54.6 Å². The van der Waals surface area contributed by atoms with Crippen molar-refractivity contribution < 1.29 is 9.05 Å². The Morgan fingerprint density at radius 3 is 1.58 bits per heavy atom. The van der Waals surface area contributed by atoms with Gasteiger partial charge >= 0.3 is 8.38 Å². The molecule has 2 aromatic rings. The van der Waals surface area contributed by atoms with E-state index in [0.29, 0.717) is 0 Å². The number of aryl methyl sites for hydroxylation is 4. The normalized spacial score (nSPS) is 13.3. The predicted molar refractivity (Wildman–Crippen MR) is 102 cm³/mol. The standard InChI is InChI=1S/C21H23O2P/c1-15-9-7-10-16(2)20(15)22-24(19-13-5-6-14-19)23-21-17(3)11-8-12-18(21)4/h5,7-14H,6H2,1-4H3. The smallest absolute Gasteiger partial charge is 0.325 e.